The van der Waals surface area contributed by atoms with Gasteiger partial charge in [0, 0.05) is 36.9 Å². The zero-order valence-corrected chi connectivity index (χ0v) is 12.4. The van der Waals surface area contributed by atoms with Gasteiger partial charge in [0.05, 0.1) is 0 Å². The number of nitrogens with zero attached hydrogens (tertiary/aromatic N) is 2. The van der Waals surface area contributed by atoms with Gasteiger partial charge in [-0.25, -0.2) is 0 Å². The maximum Gasteiger partial charge on any atom is 0.0426 e. The van der Waals surface area contributed by atoms with Crippen LogP contribution in [0.25, 0.3) is 0 Å². The van der Waals surface area contributed by atoms with Gasteiger partial charge in [0.1, 0.15) is 0 Å². The summed E-state index contributed by atoms with van der Waals surface area (Å²) in [6.45, 7) is 8.61. The lowest BCUT2D eigenvalue weighted by atomic mass is 10.1. The van der Waals surface area contributed by atoms with Crippen molar-refractivity contribution in [3.05, 3.63) is 29.3 Å². The van der Waals surface area contributed by atoms with E-state index in [4.69, 9.17) is 17.3 Å². The number of benzene rings is 1. The molecule has 0 spiro atoms. The molecule has 1 aromatic carbocycles. The van der Waals surface area contributed by atoms with Gasteiger partial charge in [0.2, 0.25) is 0 Å². The molecule has 19 heavy (non-hydrogen) atoms. The normalized spacial score (nSPS) is 18.6. The lowest BCUT2D eigenvalue weighted by Crippen LogP contribution is -2.47. The van der Waals surface area contributed by atoms with Gasteiger partial charge in [-0.3, -0.25) is 4.90 Å². The van der Waals surface area contributed by atoms with Gasteiger partial charge in [-0.15, -0.1) is 0 Å². The lowest BCUT2D eigenvalue weighted by Gasteiger charge is -2.36. The van der Waals surface area contributed by atoms with Crippen LogP contribution in [-0.4, -0.2) is 44.2 Å². The summed E-state index contributed by atoms with van der Waals surface area (Å²) in [5, 5.41) is 0.816. The summed E-state index contributed by atoms with van der Waals surface area (Å²) >= 11 is 6.04. The van der Waals surface area contributed by atoms with Crippen LogP contribution in [0.2, 0.25) is 5.02 Å². The Morgan fingerprint density at radius 2 is 2.00 bits per heavy atom. The topological polar surface area (TPSA) is 32.5 Å². The van der Waals surface area contributed by atoms with Gasteiger partial charge in [0.15, 0.2) is 0 Å². The standard InChI is InChI=1S/C15H24ClN3/c1-13(12-17)5-6-18-7-9-19(10-8-18)15-4-2-3-14(16)11-15/h2-4,11,13H,5-10,12,17H2,1H3. The molecule has 106 valence electrons. The first-order valence-corrected chi connectivity index (χ1v) is 7.50. The summed E-state index contributed by atoms with van der Waals surface area (Å²) in [6.07, 6.45) is 1.20. The first-order chi connectivity index (χ1) is 9.19. The Morgan fingerprint density at radius 3 is 2.63 bits per heavy atom. The molecule has 1 unspecified atom stereocenters. The van der Waals surface area contributed by atoms with Gasteiger partial charge < -0.3 is 10.6 Å². The van der Waals surface area contributed by atoms with Crippen molar-refractivity contribution in [3.8, 4) is 0 Å². The molecule has 1 heterocycles. The molecule has 4 heteroatoms. The minimum atomic E-state index is 0.631. The number of rotatable bonds is 5. The van der Waals surface area contributed by atoms with E-state index in [0.717, 1.165) is 37.7 Å². The molecule has 0 aliphatic carbocycles. The first kappa shape index (κ1) is 14.6. The van der Waals surface area contributed by atoms with Crippen LogP contribution >= 0.6 is 11.6 Å². The molecular weight excluding hydrogens is 258 g/mol. The maximum atomic E-state index is 6.04. The number of nitrogens with two attached hydrogens (primary N) is 1. The third-order valence-electron chi connectivity index (χ3n) is 3.89. The van der Waals surface area contributed by atoms with Crippen molar-refractivity contribution in [1.29, 1.82) is 0 Å². The highest BCUT2D eigenvalue weighted by molar-refractivity contribution is 6.30. The van der Waals surface area contributed by atoms with E-state index >= 15 is 0 Å². The molecule has 0 saturated carbocycles. The van der Waals surface area contributed by atoms with Crippen molar-refractivity contribution in [1.82, 2.24) is 4.90 Å². The zero-order chi connectivity index (χ0) is 13.7. The van der Waals surface area contributed by atoms with E-state index in [1.807, 2.05) is 18.2 Å². The van der Waals surface area contributed by atoms with E-state index in [2.05, 4.69) is 22.8 Å². The van der Waals surface area contributed by atoms with Gasteiger partial charge in [0.25, 0.3) is 0 Å². The minimum Gasteiger partial charge on any atom is -0.369 e. The Kier molecular flexibility index (Phi) is 5.49. The summed E-state index contributed by atoms with van der Waals surface area (Å²) in [5.41, 5.74) is 6.90. The van der Waals surface area contributed by atoms with Crippen LogP contribution in [0.15, 0.2) is 24.3 Å². The van der Waals surface area contributed by atoms with Crippen LogP contribution in [0.1, 0.15) is 13.3 Å². The molecule has 1 aromatic rings. The van der Waals surface area contributed by atoms with Crippen molar-refractivity contribution >= 4 is 17.3 Å². The van der Waals surface area contributed by atoms with Gasteiger partial charge in [-0.2, -0.15) is 0 Å². The van der Waals surface area contributed by atoms with Crippen molar-refractivity contribution in [3.63, 3.8) is 0 Å². The fourth-order valence-corrected chi connectivity index (χ4v) is 2.61. The molecule has 1 fully saturated rings. The van der Waals surface area contributed by atoms with E-state index in [9.17, 15) is 0 Å². The minimum absolute atomic E-state index is 0.631. The van der Waals surface area contributed by atoms with Crippen molar-refractivity contribution < 1.29 is 0 Å². The zero-order valence-electron chi connectivity index (χ0n) is 11.7. The second-order valence-corrected chi connectivity index (χ2v) is 5.87. The molecule has 0 bridgehead atoms. The number of piperazine rings is 1. The molecule has 1 aliphatic heterocycles. The second kappa shape index (κ2) is 7.13. The van der Waals surface area contributed by atoms with E-state index in [0.29, 0.717) is 5.92 Å². The highest BCUT2D eigenvalue weighted by Gasteiger charge is 2.17. The highest BCUT2D eigenvalue weighted by Crippen LogP contribution is 2.20. The molecule has 3 nitrogen and oxygen atoms in total. The largest absolute Gasteiger partial charge is 0.369 e. The van der Waals surface area contributed by atoms with Crippen molar-refractivity contribution in [2.75, 3.05) is 44.2 Å². The number of hydrogen-bond donors (Lipinski definition) is 1. The summed E-state index contributed by atoms with van der Waals surface area (Å²) in [7, 11) is 0. The Hall–Kier alpha value is -0.770. The third-order valence-corrected chi connectivity index (χ3v) is 4.12. The van der Waals surface area contributed by atoms with Crippen LogP contribution in [0, 0.1) is 5.92 Å². The van der Waals surface area contributed by atoms with Crippen molar-refractivity contribution in [2.45, 2.75) is 13.3 Å². The predicted octanol–water partition coefficient (Wildman–Crippen LogP) is 2.45. The third kappa shape index (κ3) is 4.37. The van der Waals surface area contributed by atoms with Gasteiger partial charge >= 0.3 is 0 Å². The quantitative estimate of drug-likeness (QED) is 0.900. The van der Waals surface area contributed by atoms with Crippen LogP contribution in [-0.2, 0) is 0 Å². The smallest absolute Gasteiger partial charge is 0.0426 e. The molecule has 1 atom stereocenters. The number of halogens is 1. The maximum absolute atomic E-state index is 6.04. The number of hydrogen-bond acceptors (Lipinski definition) is 3. The molecule has 0 amide bonds. The summed E-state index contributed by atoms with van der Waals surface area (Å²) in [5.74, 6) is 0.631. The average Bonchev–Trinajstić information content (AvgIpc) is 2.45. The molecule has 1 saturated heterocycles. The van der Waals surface area contributed by atoms with Crippen LogP contribution in [0.3, 0.4) is 0 Å². The fourth-order valence-electron chi connectivity index (χ4n) is 2.42. The monoisotopic (exact) mass is 281 g/mol. The summed E-state index contributed by atoms with van der Waals surface area (Å²) in [4.78, 5) is 4.95. The van der Waals surface area contributed by atoms with Crippen LogP contribution in [0.4, 0.5) is 5.69 Å². The van der Waals surface area contributed by atoms with E-state index in [-0.39, 0.29) is 0 Å². The summed E-state index contributed by atoms with van der Waals surface area (Å²) in [6, 6.07) is 8.13. The average molecular weight is 282 g/mol. The Balaban J connectivity index is 1.79. The molecule has 1 aliphatic rings. The van der Waals surface area contributed by atoms with Crippen molar-refractivity contribution in [2.24, 2.45) is 11.7 Å². The first-order valence-electron chi connectivity index (χ1n) is 7.12. The Labute approximate surface area is 121 Å². The SMILES string of the molecule is CC(CN)CCN1CCN(c2cccc(Cl)c2)CC1. The highest BCUT2D eigenvalue weighted by atomic mass is 35.5. The van der Waals surface area contributed by atoms with Gasteiger partial charge in [-0.05, 0) is 43.6 Å². The second-order valence-electron chi connectivity index (χ2n) is 5.44. The van der Waals surface area contributed by atoms with E-state index in [1.165, 1.54) is 18.7 Å². The Morgan fingerprint density at radius 1 is 1.26 bits per heavy atom. The van der Waals surface area contributed by atoms with Gasteiger partial charge in [-0.1, -0.05) is 24.6 Å². The summed E-state index contributed by atoms with van der Waals surface area (Å²) < 4.78 is 0. The molecule has 2 N–H and O–H groups in total. The van der Waals surface area contributed by atoms with E-state index in [1.54, 1.807) is 0 Å². The number of anilines is 1. The molecule has 0 radical (unpaired) electrons. The lowest BCUT2D eigenvalue weighted by molar-refractivity contribution is 0.242. The molecular formula is C15H24ClN3. The van der Waals surface area contributed by atoms with Crippen LogP contribution < -0.4 is 10.6 Å². The molecule has 0 aromatic heterocycles. The molecule has 2 rings (SSSR count). The fraction of sp³-hybridized carbons (Fsp3) is 0.600. The van der Waals surface area contributed by atoms with E-state index < -0.39 is 0 Å². The predicted molar refractivity (Wildman–Crippen MR) is 82.9 cm³/mol. The van der Waals surface area contributed by atoms with Crippen LogP contribution in [0.5, 0.6) is 0 Å². The Bertz CT molecular complexity index is 389.